The van der Waals surface area contributed by atoms with Crippen molar-refractivity contribution in [3.63, 3.8) is 0 Å². The minimum atomic E-state index is -0.271. The summed E-state index contributed by atoms with van der Waals surface area (Å²) < 4.78 is 14.6. The van der Waals surface area contributed by atoms with Gasteiger partial charge in [0, 0.05) is 55.7 Å². The van der Waals surface area contributed by atoms with Crippen LogP contribution in [-0.2, 0) is 6.54 Å². The maximum Gasteiger partial charge on any atom is 0.251 e. The molecule has 3 aliphatic rings. The lowest BCUT2D eigenvalue weighted by molar-refractivity contribution is 0.0951. The summed E-state index contributed by atoms with van der Waals surface area (Å²) in [6.07, 6.45) is 7.85. The van der Waals surface area contributed by atoms with Gasteiger partial charge in [-0.1, -0.05) is 60.8 Å². The van der Waals surface area contributed by atoms with Crippen LogP contribution in [0.2, 0.25) is 0 Å². The first-order valence-electron chi connectivity index (χ1n) is 14.2. The maximum absolute atomic E-state index is 14.6. The summed E-state index contributed by atoms with van der Waals surface area (Å²) in [7, 11) is 0. The van der Waals surface area contributed by atoms with E-state index in [0.717, 1.165) is 62.6 Å². The van der Waals surface area contributed by atoms with E-state index in [1.807, 2.05) is 41.4 Å². The standard InChI is InChI=1S/C33H34FN5OS/c34-28-12-5-4-9-26(28)24-39-31-23-25(14-15-29(31)38-18-7-6-13-30(38)33(39)41)32(40)35-16-8-17-36-19-21-37(22-20-36)27-10-2-1-3-11-27/h1-5,7,9-15,18,23H,6,8,16-17,19-22,24H2,(H,35,40). The molecule has 0 spiro atoms. The normalized spacial score (nSPS) is 16.8. The van der Waals surface area contributed by atoms with Crippen LogP contribution in [0.4, 0.5) is 21.5 Å². The zero-order valence-corrected chi connectivity index (χ0v) is 23.8. The van der Waals surface area contributed by atoms with E-state index < -0.39 is 0 Å². The van der Waals surface area contributed by atoms with Crippen LogP contribution < -0.4 is 20.0 Å². The van der Waals surface area contributed by atoms with Crippen molar-refractivity contribution in [3.8, 4) is 0 Å². The van der Waals surface area contributed by atoms with Gasteiger partial charge in [-0.2, -0.15) is 0 Å². The van der Waals surface area contributed by atoms with Gasteiger partial charge in [-0.3, -0.25) is 9.69 Å². The number of nitrogens with one attached hydrogen (secondary N) is 1. The van der Waals surface area contributed by atoms with E-state index >= 15 is 0 Å². The van der Waals surface area contributed by atoms with Crippen molar-refractivity contribution < 1.29 is 9.18 Å². The van der Waals surface area contributed by atoms with Crippen LogP contribution in [0.3, 0.4) is 0 Å². The molecule has 8 heteroatoms. The monoisotopic (exact) mass is 567 g/mol. The molecule has 3 aromatic carbocycles. The minimum Gasteiger partial charge on any atom is -0.369 e. The number of rotatable bonds is 8. The van der Waals surface area contributed by atoms with E-state index in [1.165, 1.54) is 11.8 Å². The molecule has 0 radical (unpaired) electrons. The number of piperazine rings is 1. The van der Waals surface area contributed by atoms with Crippen molar-refractivity contribution in [3.05, 3.63) is 114 Å². The Morgan fingerprint density at radius 3 is 2.51 bits per heavy atom. The predicted molar refractivity (Wildman–Crippen MR) is 168 cm³/mol. The number of para-hydroxylation sites is 1. The van der Waals surface area contributed by atoms with Crippen molar-refractivity contribution in [1.29, 1.82) is 0 Å². The molecule has 41 heavy (non-hydrogen) atoms. The first-order chi connectivity index (χ1) is 20.1. The molecule has 0 aromatic heterocycles. The van der Waals surface area contributed by atoms with Gasteiger partial charge in [0.25, 0.3) is 5.91 Å². The van der Waals surface area contributed by atoms with Crippen molar-refractivity contribution >= 4 is 40.2 Å². The lowest BCUT2D eigenvalue weighted by atomic mass is 10.0. The molecule has 6 rings (SSSR count). The van der Waals surface area contributed by atoms with Crippen LogP contribution in [0.5, 0.6) is 0 Å². The quantitative estimate of drug-likeness (QED) is 0.277. The molecule has 3 aromatic rings. The summed E-state index contributed by atoms with van der Waals surface area (Å²) in [5.41, 5.74) is 5.03. The number of allylic oxidation sites excluding steroid dienone is 2. The number of carbonyl (C=O) groups is 1. The molecule has 0 unspecified atom stereocenters. The van der Waals surface area contributed by atoms with Crippen molar-refractivity contribution in [2.75, 3.05) is 54.0 Å². The lowest BCUT2D eigenvalue weighted by Gasteiger charge is -2.40. The van der Waals surface area contributed by atoms with Gasteiger partial charge in [0.2, 0.25) is 0 Å². The van der Waals surface area contributed by atoms with E-state index in [1.54, 1.807) is 12.1 Å². The summed E-state index contributed by atoms with van der Waals surface area (Å²) in [6, 6.07) is 23.0. The van der Waals surface area contributed by atoms with E-state index in [0.29, 0.717) is 22.7 Å². The molecule has 3 heterocycles. The number of benzene rings is 3. The van der Waals surface area contributed by atoms with Crippen LogP contribution in [0.15, 0.2) is 96.8 Å². The number of hydrogen-bond donors (Lipinski definition) is 1. The molecule has 0 saturated carbocycles. The van der Waals surface area contributed by atoms with Gasteiger partial charge in [-0.25, -0.2) is 4.39 Å². The molecule has 1 N–H and O–H groups in total. The molecular formula is C33H34FN5OS. The van der Waals surface area contributed by atoms with E-state index in [4.69, 9.17) is 12.2 Å². The smallest absolute Gasteiger partial charge is 0.251 e. The number of thiocarbonyl (C=S) groups is 1. The van der Waals surface area contributed by atoms with Gasteiger partial charge >= 0.3 is 0 Å². The highest BCUT2D eigenvalue weighted by Gasteiger charge is 2.32. The highest BCUT2D eigenvalue weighted by Crippen LogP contribution is 2.41. The van der Waals surface area contributed by atoms with Gasteiger partial charge in [-0.05, 0) is 55.8 Å². The van der Waals surface area contributed by atoms with Gasteiger partial charge in [0.15, 0.2) is 0 Å². The van der Waals surface area contributed by atoms with Gasteiger partial charge in [-0.15, -0.1) is 0 Å². The molecule has 210 valence electrons. The molecule has 1 amide bonds. The second kappa shape index (κ2) is 12.2. The van der Waals surface area contributed by atoms with Crippen molar-refractivity contribution in [2.24, 2.45) is 0 Å². The number of hydrogen-bond acceptors (Lipinski definition) is 5. The zero-order valence-electron chi connectivity index (χ0n) is 23.0. The Labute approximate surface area is 246 Å². The Balaban J connectivity index is 1.09. The van der Waals surface area contributed by atoms with Crippen molar-refractivity contribution in [1.82, 2.24) is 10.2 Å². The van der Waals surface area contributed by atoms with Gasteiger partial charge < -0.3 is 20.0 Å². The number of anilines is 3. The Bertz CT molecular complexity index is 1480. The Morgan fingerprint density at radius 2 is 1.71 bits per heavy atom. The Hall–Kier alpha value is -4.01. The third-order valence-electron chi connectivity index (χ3n) is 7.93. The van der Waals surface area contributed by atoms with Gasteiger partial charge in [0.1, 0.15) is 10.8 Å². The first kappa shape index (κ1) is 27.2. The molecule has 6 nitrogen and oxygen atoms in total. The van der Waals surface area contributed by atoms with Crippen LogP contribution in [0.1, 0.15) is 28.8 Å². The molecule has 0 atom stereocenters. The number of carbonyl (C=O) groups excluding carboxylic acids is 1. The fraction of sp³-hybridized carbons (Fsp3) is 0.273. The van der Waals surface area contributed by atoms with Gasteiger partial charge in [0.05, 0.1) is 23.6 Å². The summed E-state index contributed by atoms with van der Waals surface area (Å²) >= 11 is 5.89. The van der Waals surface area contributed by atoms with Crippen molar-refractivity contribution in [2.45, 2.75) is 19.4 Å². The van der Waals surface area contributed by atoms with Crippen LogP contribution >= 0.6 is 12.2 Å². The number of amides is 1. The summed E-state index contributed by atoms with van der Waals surface area (Å²) in [4.78, 5) is 22.7. The Morgan fingerprint density at radius 1 is 0.927 bits per heavy atom. The zero-order chi connectivity index (χ0) is 28.2. The molecule has 0 aliphatic carbocycles. The average molecular weight is 568 g/mol. The molecular weight excluding hydrogens is 533 g/mol. The number of halogens is 1. The largest absolute Gasteiger partial charge is 0.369 e. The number of nitrogens with zero attached hydrogens (tertiary/aromatic N) is 4. The fourth-order valence-electron chi connectivity index (χ4n) is 5.69. The SMILES string of the molecule is O=C(NCCCN1CCN(c2ccccc2)CC1)c1ccc2c(c1)N(Cc1ccccc1F)C(=S)C1=CCC=CN12. The Kier molecular flexibility index (Phi) is 8.11. The minimum absolute atomic E-state index is 0.117. The molecule has 1 fully saturated rings. The summed E-state index contributed by atoms with van der Waals surface area (Å²) in [5, 5.41) is 3.09. The number of fused-ring (bicyclic) bond motifs is 3. The maximum atomic E-state index is 14.6. The van der Waals surface area contributed by atoms with E-state index in [2.05, 4.69) is 56.4 Å². The first-order valence-corrected chi connectivity index (χ1v) is 14.7. The molecule has 0 bridgehead atoms. The second-order valence-corrected chi connectivity index (χ2v) is 10.9. The second-order valence-electron chi connectivity index (χ2n) is 10.5. The summed E-state index contributed by atoms with van der Waals surface area (Å²) in [6.45, 7) is 5.91. The van der Waals surface area contributed by atoms with Crippen LogP contribution in [0, 0.1) is 5.82 Å². The van der Waals surface area contributed by atoms with Crippen LogP contribution in [0.25, 0.3) is 0 Å². The third-order valence-corrected chi connectivity index (χ3v) is 8.36. The van der Waals surface area contributed by atoms with Crippen LogP contribution in [-0.4, -0.2) is 55.1 Å². The lowest BCUT2D eigenvalue weighted by Crippen LogP contribution is -2.47. The third kappa shape index (κ3) is 5.89. The predicted octanol–water partition coefficient (Wildman–Crippen LogP) is 5.72. The topological polar surface area (TPSA) is 42.1 Å². The fourth-order valence-corrected chi connectivity index (χ4v) is 6.03. The highest BCUT2D eigenvalue weighted by atomic mass is 32.1. The molecule has 3 aliphatic heterocycles. The van der Waals surface area contributed by atoms with E-state index in [9.17, 15) is 9.18 Å². The van der Waals surface area contributed by atoms with E-state index in [-0.39, 0.29) is 18.3 Å². The summed E-state index contributed by atoms with van der Waals surface area (Å²) in [5.74, 6) is -0.388. The average Bonchev–Trinajstić information content (AvgIpc) is 3.02. The molecule has 1 saturated heterocycles. The highest BCUT2D eigenvalue weighted by molar-refractivity contribution is 7.81.